The van der Waals surface area contributed by atoms with Gasteiger partial charge in [0, 0.05) is 13.0 Å². The Morgan fingerprint density at radius 2 is 1.76 bits per heavy atom. The summed E-state index contributed by atoms with van der Waals surface area (Å²) in [6, 6.07) is 0. The second-order valence-electron chi connectivity index (χ2n) is 4.31. The minimum Gasteiger partial charge on any atom is -0.435 e. The van der Waals surface area contributed by atoms with E-state index in [0.717, 1.165) is 6.42 Å². The third kappa shape index (κ3) is 5.97. The summed E-state index contributed by atoms with van der Waals surface area (Å²) in [6.07, 6.45) is 1.05. The molecule has 0 aliphatic carbocycles. The quantitative estimate of drug-likeness (QED) is 0.247. The summed E-state index contributed by atoms with van der Waals surface area (Å²) < 4.78 is 4.71. The number of rotatable bonds is 9. The van der Waals surface area contributed by atoms with Gasteiger partial charge in [-0.25, -0.2) is 0 Å². The third-order valence-electron chi connectivity index (χ3n) is 2.54. The molecule has 0 amide bonds. The molecule has 17 heavy (non-hydrogen) atoms. The van der Waals surface area contributed by atoms with Crippen molar-refractivity contribution >= 4 is 5.97 Å². The molecule has 1 atom stereocenters. The summed E-state index contributed by atoms with van der Waals surface area (Å²) in [5.74, 6) is -0.822. The Labute approximate surface area is 101 Å². The highest BCUT2D eigenvalue weighted by Gasteiger charge is 2.34. The van der Waals surface area contributed by atoms with Crippen LogP contribution in [0.2, 0.25) is 0 Å². The fraction of sp³-hybridized carbons (Fsp3) is 0.909. The number of carbonyl (C=O) groups is 1. The molecule has 0 fully saturated rings. The number of aliphatic hydroxyl groups excluding tert-OH is 4. The maximum absolute atomic E-state index is 11.5. The first-order valence-corrected chi connectivity index (χ1v) is 5.72. The van der Waals surface area contributed by atoms with Crippen molar-refractivity contribution in [2.75, 3.05) is 19.8 Å². The van der Waals surface area contributed by atoms with Gasteiger partial charge in [0.15, 0.2) is 0 Å². The highest BCUT2D eigenvalue weighted by molar-refractivity contribution is 5.76. The van der Waals surface area contributed by atoms with Crippen molar-refractivity contribution in [1.29, 1.82) is 0 Å². The van der Waals surface area contributed by atoms with E-state index < -0.39 is 30.9 Å². The molecule has 0 saturated carbocycles. The standard InChI is InChI=1S/C11H22O6/c1-11(7-13,8-14)10(16)17-9(15)5-3-2-4-6-12/h9,12-15H,2-8H2,1H3. The summed E-state index contributed by atoms with van der Waals surface area (Å²) in [5.41, 5.74) is -1.38. The predicted molar refractivity (Wildman–Crippen MR) is 59.9 cm³/mol. The zero-order chi connectivity index (χ0) is 13.3. The molecule has 0 aliphatic rings. The molecule has 0 aliphatic heterocycles. The second kappa shape index (κ2) is 8.41. The van der Waals surface area contributed by atoms with Crippen molar-refractivity contribution in [2.24, 2.45) is 5.41 Å². The highest BCUT2D eigenvalue weighted by Crippen LogP contribution is 2.18. The van der Waals surface area contributed by atoms with E-state index in [4.69, 9.17) is 20.1 Å². The number of aliphatic hydroxyl groups is 4. The van der Waals surface area contributed by atoms with E-state index in [9.17, 15) is 9.90 Å². The van der Waals surface area contributed by atoms with Crippen LogP contribution in [0.3, 0.4) is 0 Å². The fourth-order valence-electron chi connectivity index (χ4n) is 1.11. The minimum absolute atomic E-state index is 0.100. The molecule has 0 saturated heterocycles. The van der Waals surface area contributed by atoms with Crippen LogP contribution < -0.4 is 0 Å². The maximum Gasteiger partial charge on any atom is 0.318 e. The SMILES string of the molecule is CC(CO)(CO)C(=O)OC(O)CCCCCO. The van der Waals surface area contributed by atoms with E-state index in [1.807, 2.05) is 0 Å². The van der Waals surface area contributed by atoms with E-state index in [2.05, 4.69) is 0 Å². The van der Waals surface area contributed by atoms with Gasteiger partial charge in [-0.15, -0.1) is 0 Å². The van der Waals surface area contributed by atoms with Crippen LogP contribution in [0, 0.1) is 5.41 Å². The van der Waals surface area contributed by atoms with E-state index in [0.29, 0.717) is 12.8 Å². The molecular weight excluding hydrogens is 228 g/mol. The Kier molecular flexibility index (Phi) is 8.07. The van der Waals surface area contributed by atoms with Crippen molar-refractivity contribution < 1.29 is 30.0 Å². The van der Waals surface area contributed by atoms with Crippen molar-refractivity contribution in [3.8, 4) is 0 Å². The van der Waals surface area contributed by atoms with Crippen LogP contribution in [0.1, 0.15) is 32.6 Å². The van der Waals surface area contributed by atoms with Gasteiger partial charge in [-0.2, -0.15) is 0 Å². The predicted octanol–water partition coefficient (Wildman–Crippen LogP) is -0.608. The van der Waals surface area contributed by atoms with Crippen LogP contribution in [-0.2, 0) is 9.53 Å². The summed E-state index contributed by atoms with van der Waals surface area (Å²) in [7, 11) is 0. The number of carbonyl (C=O) groups excluding carboxylic acids is 1. The van der Waals surface area contributed by atoms with Gasteiger partial charge in [0.25, 0.3) is 0 Å². The van der Waals surface area contributed by atoms with E-state index in [1.54, 1.807) is 0 Å². The molecule has 0 aromatic carbocycles. The Hall–Kier alpha value is -0.690. The minimum atomic E-state index is -1.38. The van der Waals surface area contributed by atoms with E-state index >= 15 is 0 Å². The summed E-state index contributed by atoms with van der Waals surface area (Å²) in [4.78, 5) is 11.5. The van der Waals surface area contributed by atoms with Crippen LogP contribution in [0.5, 0.6) is 0 Å². The molecule has 0 spiro atoms. The Bertz CT molecular complexity index is 214. The molecule has 1 unspecified atom stereocenters. The average molecular weight is 250 g/mol. The largest absolute Gasteiger partial charge is 0.435 e. The number of hydrogen-bond donors (Lipinski definition) is 4. The average Bonchev–Trinajstić information content (AvgIpc) is 2.33. The molecule has 0 rings (SSSR count). The van der Waals surface area contributed by atoms with Crippen LogP contribution in [0.25, 0.3) is 0 Å². The smallest absolute Gasteiger partial charge is 0.318 e. The molecule has 6 nitrogen and oxygen atoms in total. The molecule has 0 aromatic heterocycles. The van der Waals surface area contributed by atoms with Gasteiger partial charge in [-0.05, 0) is 19.8 Å². The maximum atomic E-state index is 11.5. The first kappa shape index (κ1) is 16.3. The van der Waals surface area contributed by atoms with Gasteiger partial charge < -0.3 is 25.2 Å². The topological polar surface area (TPSA) is 107 Å². The van der Waals surface area contributed by atoms with Crippen molar-refractivity contribution in [1.82, 2.24) is 0 Å². The lowest BCUT2D eigenvalue weighted by Crippen LogP contribution is -2.39. The van der Waals surface area contributed by atoms with Gasteiger partial charge in [-0.1, -0.05) is 6.42 Å². The zero-order valence-electron chi connectivity index (χ0n) is 10.1. The van der Waals surface area contributed by atoms with Crippen LogP contribution >= 0.6 is 0 Å². The molecule has 0 aromatic rings. The molecule has 4 N–H and O–H groups in total. The number of esters is 1. The Morgan fingerprint density at radius 1 is 1.18 bits per heavy atom. The van der Waals surface area contributed by atoms with Crippen molar-refractivity contribution in [2.45, 2.75) is 38.9 Å². The lowest BCUT2D eigenvalue weighted by molar-refractivity contribution is -0.184. The van der Waals surface area contributed by atoms with Crippen LogP contribution in [0.4, 0.5) is 0 Å². The number of unbranched alkanes of at least 4 members (excludes halogenated alkanes) is 2. The van der Waals surface area contributed by atoms with Crippen molar-refractivity contribution in [3.63, 3.8) is 0 Å². The second-order valence-corrected chi connectivity index (χ2v) is 4.31. The highest BCUT2D eigenvalue weighted by atomic mass is 16.6. The molecule has 6 heteroatoms. The zero-order valence-corrected chi connectivity index (χ0v) is 10.1. The van der Waals surface area contributed by atoms with E-state index in [-0.39, 0.29) is 13.0 Å². The van der Waals surface area contributed by atoms with Gasteiger partial charge in [0.05, 0.1) is 13.2 Å². The summed E-state index contributed by atoms with van der Waals surface area (Å²) in [6.45, 7) is 0.371. The molecule has 0 radical (unpaired) electrons. The fourth-order valence-corrected chi connectivity index (χ4v) is 1.11. The Morgan fingerprint density at radius 3 is 2.24 bits per heavy atom. The Balaban J connectivity index is 3.94. The molecular formula is C11H22O6. The van der Waals surface area contributed by atoms with Gasteiger partial charge >= 0.3 is 5.97 Å². The number of ether oxygens (including phenoxy) is 1. The molecule has 0 bridgehead atoms. The lowest BCUT2D eigenvalue weighted by atomic mass is 9.93. The third-order valence-corrected chi connectivity index (χ3v) is 2.54. The first-order valence-electron chi connectivity index (χ1n) is 5.72. The van der Waals surface area contributed by atoms with E-state index in [1.165, 1.54) is 6.92 Å². The molecule has 102 valence electrons. The summed E-state index contributed by atoms with van der Waals surface area (Å²) >= 11 is 0. The molecule has 0 heterocycles. The summed E-state index contributed by atoms with van der Waals surface area (Å²) in [5, 5.41) is 35.8. The lowest BCUT2D eigenvalue weighted by Gasteiger charge is -2.24. The van der Waals surface area contributed by atoms with Crippen LogP contribution in [-0.4, -0.2) is 52.5 Å². The normalized spacial score (nSPS) is 13.5. The van der Waals surface area contributed by atoms with Gasteiger partial charge in [0.2, 0.25) is 6.29 Å². The first-order chi connectivity index (χ1) is 8.00. The van der Waals surface area contributed by atoms with Crippen molar-refractivity contribution in [3.05, 3.63) is 0 Å². The monoisotopic (exact) mass is 250 g/mol. The van der Waals surface area contributed by atoms with Crippen LogP contribution in [0.15, 0.2) is 0 Å². The number of hydrogen-bond acceptors (Lipinski definition) is 6. The van der Waals surface area contributed by atoms with Gasteiger partial charge in [0.1, 0.15) is 5.41 Å². The van der Waals surface area contributed by atoms with Gasteiger partial charge in [-0.3, -0.25) is 4.79 Å².